The van der Waals surface area contributed by atoms with Crippen LogP contribution in [0.25, 0.3) is 0 Å². The Labute approximate surface area is 180 Å². The number of nitrogens with two attached hydrogens (primary N) is 1. The third-order valence-electron chi connectivity index (χ3n) is 4.48. The van der Waals surface area contributed by atoms with Gasteiger partial charge in [0.1, 0.15) is 5.78 Å². The minimum Gasteiger partial charge on any atom is -0.479 e. The molecule has 3 atom stereocenters. The molecule has 0 saturated heterocycles. The van der Waals surface area contributed by atoms with Gasteiger partial charge in [0.25, 0.3) is 0 Å². The number of benzene rings is 1. The molecular formula is C21H37N2O6P. The lowest BCUT2D eigenvalue weighted by Gasteiger charge is -2.31. The van der Waals surface area contributed by atoms with Crippen molar-refractivity contribution in [3.8, 4) is 0 Å². The van der Waals surface area contributed by atoms with Crippen LogP contribution in [0.4, 0.5) is 0 Å². The Morgan fingerprint density at radius 1 is 1.23 bits per heavy atom. The van der Waals surface area contributed by atoms with E-state index in [0.717, 1.165) is 5.56 Å². The first kappa shape index (κ1) is 26.3. The smallest absolute Gasteiger partial charge is 0.351 e. The van der Waals surface area contributed by atoms with Crippen LogP contribution in [0.15, 0.2) is 30.3 Å². The summed E-state index contributed by atoms with van der Waals surface area (Å²) < 4.78 is 18.2. The maximum atomic E-state index is 13.0. The number of nitrogens with one attached hydrogen (secondary N) is 1. The molecule has 0 fully saturated rings. The monoisotopic (exact) mass is 444 g/mol. The van der Waals surface area contributed by atoms with E-state index in [1.54, 1.807) is 0 Å². The highest BCUT2D eigenvalue weighted by atomic mass is 31.2. The van der Waals surface area contributed by atoms with Gasteiger partial charge in [-0.05, 0) is 49.6 Å². The summed E-state index contributed by atoms with van der Waals surface area (Å²) in [5, 5.41) is 12.0. The van der Waals surface area contributed by atoms with Crippen molar-refractivity contribution in [1.29, 1.82) is 0 Å². The number of unbranched alkanes of at least 4 members (excludes halogenated alkanes) is 1. The van der Waals surface area contributed by atoms with Crippen LogP contribution >= 0.6 is 7.60 Å². The summed E-state index contributed by atoms with van der Waals surface area (Å²) in [6.45, 7) is 6.00. The van der Waals surface area contributed by atoms with Gasteiger partial charge >= 0.3 is 13.6 Å². The Morgan fingerprint density at radius 2 is 1.87 bits per heavy atom. The summed E-state index contributed by atoms with van der Waals surface area (Å²) >= 11 is 0. The van der Waals surface area contributed by atoms with E-state index in [2.05, 4.69) is 5.32 Å². The van der Waals surface area contributed by atoms with Crippen LogP contribution in [0, 0.1) is 5.41 Å². The number of hydrogen-bond donors (Lipinski definition) is 4. The van der Waals surface area contributed by atoms with Gasteiger partial charge in [-0.2, -0.15) is 0 Å². The van der Waals surface area contributed by atoms with Crippen LogP contribution in [0.2, 0.25) is 0 Å². The summed E-state index contributed by atoms with van der Waals surface area (Å²) in [5.74, 6) is -2.90. The number of aliphatic carboxylic acids is 1. The molecule has 30 heavy (non-hydrogen) atoms. The van der Waals surface area contributed by atoms with Gasteiger partial charge < -0.3 is 21.1 Å². The van der Waals surface area contributed by atoms with Crippen molar-refractivity contribution in [2.75, 3.05) is 6.54 Å². The molecular weight excluding hydrogens is 407 g/mol. The van der Waals surface area contributed by atoms with E-state index in [-0.39, 0.29) is 26.6 Å². The van der Waals surface area contributed by atoms with E-state index in [1.807, 2.05) is 51.1 Å². The average molecular weight is 445 g/mol. The van der Waals surface area contributed by atoms with Gasteiger partial charge in [-0.1, -0.05) is 51.1 Å². The van der Waals surface area contributed by atoms with Crippen LogP contribution < -0.4 is 11.1 Å². The first-order chi connectivity index (χ1) is 13.9. The van der Waals surface area contributed by atoms with Crippen LogP contribution in [-0.2, 0) is 25.1 Å². The molecule has 0 aliphatic heterocycles. The molecule has 8 nitrogen and oxygen atoms in total. The number of carboxylic acids is 1. The van der Waals surface area contributed by atoms with Gasteiger partial charge in [0.05, 0.1) is 0 Å². The van der Waals surface area contributed by atoms with Crippen molar-refractivity contribution in [2.45, 2.75) is 71.2 Å². The molecule has 1 aromatic carbocycles. The average Bonchev–Trinajstić information content (AvgIpc) is 2.65. The van der Waals surface area contributed by atoms with Crippen LogP contribution in [0.5, 0.6) is 0 Å². The molecule has 0 heterocycles. The number of carbonyl (C=O) groups excluding carboxylic acids is 1. The maximum Gasteiger partial charge on any atom is 0.351 e. The molecule has 3 unspecified atom stereocenters. The molecule has 0 radical (unpaired) electrons. The van der Waals surface area contributed by atoms with Gasteiger partial charge in [0.2, 0.25) is 5.91 Å². The van der Waals surface area contributed by atoms with Crippen molar-refractivity contribution < 1.29 is 30.1 Å². The van der Waals surface area contributed by atoms with E-state index in [4.69, 9.17) is 10.3 Å². The van der Waals surface area contributed by atoms with Gasteiger partial charge in [-0.25, -0.2) is 4.79 Å². The predicted octanol–water partition coefficient (Wildman–Crippen LogP) is 3.53. The predicted molar refractivity (Wildman–Crippen MR) is 118 cm³/mol. The normalized spacial score (nSPS) is 15.8. The van der Waals surface area contributed by atoms with Gasteiger partial charge in [-0.3, -0.25) is 13.9 Å². The molecule has 172 valence electrons. The Morgan fingerprint density at radius 3 is 2.40 bits per heavy atom. The molecule has 1 rings (SSSR count). The topological polar surface area (TPSA) is 139 Å². The second kappa shape index (κ2) is 12.2. The van der Waals surface area contributed by atoms with E-state index < -0.39 is 30.9 Å². The van der Waals surface area contributed by atoms with Crippen molar-refractivity contribution in [1.82, 2.24) is 5.32 Å². The first-order valence-electron chi connectivity index (χ1n) is 10.2. The fraction of sp³-hybridized carbons (Fsp3) is 0.619. The molecule has 0 aliphatic carbocycles. The van der Waals surface area contributed by atoms with Crippen molar-refractivity contribution in [2.24, 2.45) is 11.1 Å². The number of hydrogen-bond acceptors (Lipinski definition) is 5. The number of amides is 1. The zero-order valence-corrected chi connectivity index (χ0v) is 18.9. The third-order valence-corrected chi connectivity index (χ3v) is 6.14. The molecule has 0 saturated carbocycles. The number of aryl methyl sites for hydroxylation is 1. The van der Waals surface area contributed by atoms with Gasteiger partial charge in [0.15, 0.2) is 6.10 Å². The second-order valence-corrected chi connectivity index (χ2v) is 10.6. The molecule has 0 aliphatic rings. The molecule has 1 aromatic rings. The lowest BCUT2D eigenvalue weighted by molar-refractivity contribution is -0.145. The highest BCUT2D eigenvalue weighted by Gasteiger charge is 2.40. The second-order valence-electron chi connectivity index (χ2n) is 8.61. The van der Waals surface area contributed by atoms with Crippen LogP contribution in [0.1, 0.15) is 59.9 Å². The van der Waals surface area contributed by atoms with Crippen LogP contribution in [-0.4, -0.2) is 40.3 Å². The summed E-state index contributed by atoms with van der Waals surface area (Å²) in [5.41, 5.74) is 6.01. The quantitative estimate of drug-likeness (QED) is 0.270. The standard InChI is InChI=1S/C21H35N2O6P.H2/c1-21(2,3)15-19(23-18(24)13-12-16-9-5-4-6-10-16)30(27,28)29-17(20(25)26)11-7-8-14-22;/h4-6,9-10,17,19H,7-8,11-15,22H2,1-3H3,(H,23,24)(H,25,26)(H,27,28);1H. The summed E-state index contributed by atoms with van der Waals surface area (Å²) in [7, 11) is -4.45. The zero-order chi connectivity index (χ0) is 22.8. The lowest BCUT2D eigenvalue weighted by atomic mass is 9.92. The molecule has 9 heteroatoms. The lowest BCUT2D eigenvalue weighted by Crippen LogP contribution is -2.39. The van der Waals surface area contributed by atoms with Crippen molar-refractivity contribution in [3.63, 3.8) is 0 Å². The summed E-state index contributed by atoms with van der Waals surface area (Å²) in [4.78, 5) is 34.5. The number of rotatable bonds is 13. The minimum absolute atomic E-state index is 0. The van der Waals surface area contributed by atoms with Gasteiger partial charge in [-0.15, -0.1) is 0 Å². The highest BCUT2D eigenvalue weighted by molar-refractivity contribution is 7.53. The van der Waals surface area contributed by atoms with Gasteiger partial charge in [0, 0.05) is 7.85 Å². The Hall–Kier alpha value is -1.73. The SMILES string of the molecule is CC(C)(C)CC(NC(=O)CCc1ccccc1)P(=O)(O)OC(CCCCN)C(=O)O.[HH]. The molecule has 5 N–H and O–H groups in total. The maximum absolute atomic E-state index is 13.0. The Bertz CT molecular complexity index is 726. The zero-order valence-electron chi connectivity index (χ0n) is 18.0. The van der Waals surface area contributed by atoms with Crippen LogP contribution in [0.3, 0.4) is 0 Å². The summed E-state index contributed by atoms with van der Waals surface area (Å²) in [6, 6.07) is 9.44. The van der Waals surface area contributed by atoms with E-state index in [0.29, 0.717) is 25.8 Å². The molecule has 0 spiro atoms. The van der Waals surface area contributed by atoms with Crippen molar-refractivity contribution in [3.05, 3.63) is 35.9 Å². The summed E-state index contributed by atoms with van der Waals surface area (Å²) in [6.07, 6.45) is 0.474. The Kier molecular flexibility index (Phi) is 10.7. The largest absolute Gasteiger partial charge is 0.479 e. The van der Waals surface area contributed by atoms with E-state index in [1.165, 1.54) is 0 Å². The van der Waals surface area contributed by atoms with Crippen molar-refractivity contribution >= 4 is 19.5 Å². The minimum atomic E-state index is -4.45. The third kappa shape index (κ3) is 10.3. The molecule has 1 amide bonds. The molecule has 0 bridgehead atoms. The Balaban J connectivity index is 0.00000900. The first-order valence-corrected chi connectivity index (χ1v) is 11.9. The van der Waals surface area contributed by atoms with E-state index >= 15 is 0 Å². The van der Waals surface area contributed by atoms with E-state index in [9.17, 15) is 24.2 Å². The fourth-order valence-electron chi connectivity index (χ4n) is 2.94. The highest BCUT2D eigenvalue weighted by Crippen LogP contribution is 2.51. The number of carboxylic acid groups (broad SMARTS) is 1. The molecule has 0 aromatic heterocycles. The number of carbonyl (C=O) groups is 2. The fourth-order valence-corrected chi connectivity index (χ4v) is 4.73.